The topological polar surface area (TPSA) is 46.5 Å². The number of thioether (sulfide) groups is 1. The summed E-state index contributed by atoms with van der Waals surface area (Å²) in [5.41, 5.74) is 2.13. The number of nitrogens with zero attached hydrogens (tertiary/aromatic N) is 2. The minimum atomic E-state index is -0.000787. The predicted molar refractivity (Wildman–Crippen MR) is 91.6 cm³/mol. The quantitative estimate of drug-likeness (QED) is 0.921. The molecule has 0 spiro atoms. The Morgan fingerprint density at radius 3 is 2.86 bits per heavy atom. The number of rotatable bonds is 5. The minimum Gasteiger partial charge on any atom is -0.496 e. The van der Waals surface area contributed by atoms with Crippen molar-refractivity contribution in [2.45, 2.75) is 12.5 Å². The SMILES string of the molecule is COc1ccccc1C(Cc1ccccn1)/N=C1/NCCS1. The van der Waals surface area contributed by atoms with Gasteiger partial charge in [0.2, 0.25) is 0 Å². The maximum Gasteiger partial charge on any atom is 0.157 e. The summed E-state index contributed by atoms with van der Waals surface area (Å²) in [6, 6.07) is 14.1. The lowest BCUT2D eigenvalue weighted by Gasteiger charge is -2.17. The molecule has 0 aliphatic carbocycles. The number of hydrogen-bond acceptors (Lipinski definition) is 4. The van der Waals surface area contributed by atoms with Gasteiger partial charge in [-0.2, -0.15) is 0 Å². The highest BCUT2D eigenvalue weighted by Crippen LogP contribution is 2.31. The summed E-state index contributed by atoms with van der Waals surface area (Å²) in [4.78, 5) is 9.34. The molecular weight excluding hydrogens is 294 g/mol. The van der Waals surface area contributed by atoms with E-state index in [9.17, 15) is 0 Å². The van der Waals surface area contributed by atoms with Crippen molar-refractivity contribution in [2.75, 3.05) is 19.4 Å². The fraction of sp³-hybridized carbons (Fsp3) is 0.294. The molecule has 1 N–H and O–H groups in total. The van der Waals surface area contributed by atoms with Crippen LogP contribution in [0.15, 0.2) is 53.7 Å². The Labute approximate surface area is 135 Å². The lowest BCUT2D eigenvalue weighted by atomic mass is 10.0. The summed E-state index contributed by atoms with van der Waals surface area (Å²) in [6.07, 6.45) is 2.58. The van der Waals surface area contributed by atoms with Crippen LogP contribution < -0.4 is 10.1 Å². The second-order valence-electron chi connectivity index (χ2n) is 4.99. The number of aromatic nitrogens is 1. The summed E-state index contributed by atoms with van der Waals surface area (Å²) in [7, 11) is 1.70. The van der Waals surface area contributed by atoms with Crippen LogP contribution in [0.1, 0.15) is 17.3 Å². The number of hydrogen-bond donors (Lipinski definition) is 1. The van der Waals surface area contributed by atoms with Crippen LogP contribution in [-0.2, 0) is 6.42 Å². The molecule has 1 unspecified atom stereocenters. The van der Waals surface area contributed by atoms with Gasteiger partial charge in [-0.15, -0.1) is 0 Å². The Bertz CT molecular complexity index is 637. The van der Waals surface area contributed by atoms with Crippen molar-refractivity contribution in [3.05, 3.63) is 59.9 Å². The molecule has 0 radical (unpaired) electrons. The zero-order valence-electron chi connectivity index (χ0n) is 12.5. The highest BCUT2D eigenvalue weighted by Gasteiger charge is 2.19. The summed E-state index contributed by atoms with van der Waals surface area (Å²) < 4.78 is 5.51. The fourth-order valence-electron chi connectivity index (χ4n) is 2.46. The van der Waals surface area contributed by atoms with Crippen molar-refractivity contribution in [1.82, 2.24) is 10.3 Å². The zero-order chi connectivity index (χ0) is 15.2. The maximum absolute atomic E-state index is 5.51. The third-order valence-electron chi connectivity index (χ3n) is 3.52. The van der Waals surface area contributed by atoms with Crippen molar-refractivity contribution >= 4 is 16.9 Å². The van der Waals surface area contributed by atoms with Crippen LogP contribution in [0.5, 0.6) is 5.75 Å². The molecule has 0 saturated carbocycles. The van der Waals surface area contributed by atoms with Gasteiger partial charge in [0.1, 0.15) is 5.75 Å². The van der Waals surface area contributed by atoms with E-state index in [0.29, 0.717) is 0 Å². The third-order valence-corrected chi connectivity index (χ3v) is 4.45. The first-order valence-corrected chi connectivity index (χ1v) is 8.32. The molecule has 1 aromatic heterocycles. The number of aliphatic imine (C=N–C) groups is 1. The summed E-state index contributed by atoms with van der Waals surface area (Å²) >= 11 is 1.77. The van der Waals surface area contributed by atoms with Crippen LogP contribution >= 0.6 is 11.8 Å². The van der Waals surface area contributed by atoms with Gasteiger partial charge >= 0.3 is 0 Å². The zero-order valence-corrected chi connectivity index (χ0v) is 13.3. The number of amidine groups is 1. The molecule has 1 saturated heterocycles. The molecule has 0 bridgehead atoms. The fourth-order valence-corrected chi connectivity index (χ4v) is 3.27. The van der Waals surface area contributed by atoms with Crippen molar-refractivity contribution in [1.29, 1.82) is 0 Å². The first kappa shape index (κ1) is 14.9. The Morgan fingerprint density at radius 2 is 2.14 bits per heavy atom. The molecular formula is C17H19N3OS. The molecule has 1 aliphatic rings. The molecule has 1 aliphatic heterocycles. The number of nitrogens with one attached hydrogen (secondary N) is 1. The number of para-hydroxylation sites is 1. The average molecular weight is 313 g/mol. The summed E-state index contributed by atoms with van der Waals surface area (Å²) in [5.74, 6) is 1.94. The Kier molecular flexibility index (Phi) is 4.96. The van der Waals surface area contributed by atoms with Gasteiger partial charge in [-0.25, -0.2) is 0 Å². The van der Waals surface area contributed by atoms with Crippen LogP contribution in [0.25, 0.3) is 0 Å². The Balaban J connectivity index is 1.93. The Morgan fingerprint density at radius 1 is 1.27 bits per heavy atom. The van der Waals surface area contributed by atoms with Crippen LogP contribution in [-0.4, -0.2) is 29.6 Å². The van der Waals surface area contributed by atoms with Gasteiger partial charge in [0, 0.05) is 36.2 Å². The van der Waals surface area contributed by atoms with Crippen molar-refractivity contribution in [3.8, 4) is 5.75 Å². The van der Waals surface area contributed by atoms with Gasteiger partial charge in [0.15, 0.2) is 5.17 Å². The highest BCUT2D eigenvalue weighted by molar-refractivity contribution is 8.14. The van der Waals surface area contributed by atoms with Gasteiger partial charge in [-0.05, 0) is 18.2 Å². The molecule has 1 atom stereocenters. The standard InChI is InChI=1S/C17H19N3OS/c1-21-16-8-3-2-7-14(16)15(20-17-19-10-11-22-17)12-13-6-4-5-9-18-13/h2-9,15H,10-12H2,1H3,(H,19,20). The predicted octanol–water partition coefficient (Wildman–Crippen LogP) is 3.07. The van der Waals surface area contributed by atoms with Crippen LogP contribution in [0, 0.1) is 0 Å². The number of ether oxygens (including phenoxy) is 1. The maximum atomic E-state index is 5.51. The number of benzene rings is 1. The molecule has 1 fully saturated rings. The van der Waals surface area contributed by atoms with Gasteiger partial charge in [-0.1, -0.05) is 36.0 Å². The van der Waals surface area contributed by atoms with Gasteiger partial charge in [0.25, 0.3) is 0 Å². The minimum absolute atomic E-state index is 0.000787. The molecule has 22 heavy (non-hydrogen) atoms. The van der Waals surface area contributed by atoms with Gasteiger partial charge in [-0.3, -0.25) is 9.98 Å². The van der Waals surface area contributed by atoms with Gasteiger partial charge < -0.3 is 10.1 Å². The third kappa shape index (κ3) is 3.60. The molecule has 2 heterocycles. The lowest BCUT2D eigenvalue weighted by Crippen LogP contribution is -2.15. The van der Waals surface area contributed by atoms with Crippen molar-refractivity contribution < 1.29 is 4.74 Å². The van der Waals surface area contributed by atoms with E-state index in [1.165, 1.54) is 0 Å². The second-order valence-corrected chi connectivity index (χ2v) is 6.08. The van der Waals surface area contributed by atoms with Crippen molar-refractivity contribution in [3.63, 3.8) is 0 Å². The molecule has 1 aromatic carbocycles. The van der Waals surface area contributed by atoms with E-state index >= 15 is 0 Å². The number of pyridine rings is 1. The summed E-state index contributed by atoms with van der Waals surface area (Å²) in [5, 5.41) is 4.34. The molecule has 4 nitrogen and oxygen atoms in total. The lowest BCUT2D eigenvalue weighted by molar-refractivity contribution is 0.405. The average Bonchev–Trinajstić information content (AvgIpc) is 3.08. The monoisotopic (exact) mass is 313 g/mol. The normalized spacial score (nSPS) is 17.2. The first-order valence-electron chi connectivity index (χ1n) is 7.34. The molecule has 5 heteroatoms. The van der Waals surface area contributed by atoms with Crippen molar-refractivity contribution in [2.24, 2.45) is 4.99 Å². The smallest absolute Gasteiger partial charge is 0.157 e. The van der Waals surface area contributed by atoms with E-state index in [1.807, 2.05) is 42.6 Å². The molecule has 2 aromatic rings. The van der Waals surface area contributed by atoms with Crippen LogP contribution in [0.2, 0.25) is 0 Å². The largest absolute Gasteiger partial charge is 0.496 e. The molecule has 114 valence electrons. The second kappa shape index (κ2) is 7.31. The first-order chi connectivity index (χ1) is 10.9. The number of methoxy groups -OCH3 is 1. The van der Waals surface area contributed by atoms with Crippen LogP contribution in [0.4, 0.5) is 0 Å². The Hall–Kier alpha value is -2.01. The summed E-state index contributed by atoms with van der Waals surface area (Å²) in [6.45, 7) is 0.978. The van der Waals surface area contributed by atoms with E-state index in [0.717, 1.165) is 40.9 Å². The molecule has 3 rings (SSSR count). The molecule has 0 amide bonds. The van der Waals surface area contributed by atoms with E-state index in [4.69, 9.17) is 9.73 Å². The van der Waals surface area contributed by atoms with Gasteiger partial charge in [0.05, 0.1) is 13.2 Å². The van der Waals surface area contributed by atoms with E-state index in [1.54, 1.807) is 18.9 Å². The van der Waals surface area contributed by atoms with E-state index in [2.05, 4.69) is 16.4 Å². The highest BCUT2D eigenvalue weighted by atomic mass is 32.2. The van der Waals surface area contributed by atoms with E-state index in [-0.39, 0.29) is 6.04 Å². The van der Waals surface area contributed by atoms with E-state index < -0.39 is 0 Å². The van der Waals surface area contributed by atoms with Crippen LogP contribution in [0.3, 0.4) is 0 Å².